The summed E-state index contributed by atoms with van der Waals surface area (Å²) >= 11 is 0. The molecular weight excluding hydrogens is 221 g/mol. The Kier molecular flexibility index (Phi) is 3.04. The van der Waals surface area contributed by atoms with Crippen molar-refractivity contribution in [2.45, 2.75) is 12.8 Å². The number of carbonyl (C=O) groups excluding carboxylic acids is 1. The summed E-state index contributed by atoms with van der Waals surface area (Å²) < 4.78 is 17.6. The lowest BCUT2D eigenvalue weighted by molar-refractivity contribution is -0.141. The van der Waals surface area contributed by atoms with Gasteiger partial charge in [-0.05, 0) is 36.8 Å². The SMILES string of the molecule is COC(=O)C(C)c1ccc2nc(F)ccc2c1. The van der Waals surface area contributed by atoms with E-state index in [-0.39, 0.29) is 11.9 Å². The number of ether oxygens (including phenoxy) is 1. The molecule has 88 valence electrons. The summed E-state index contributed by atoms with van der Waals surface area (Å²) in [5, 5.41) is 0.805. The highest BCUT2D eigenvalue weighted by Crippen LogP contribution is 2.21. The summed E-state index contributed by atoms with van der Waals surface area (Å²) in [4.78, 5) is 15.2. The van der Waals surface area contributed by atoms with E-state index in [0.717, 1.165) is 10.9 Å². The zero-order valence-electron chi connectivity index (χ0n) is 9.61. The number of nitrogens with zero attached hydrogens (tertiary/aromatic N) is 1. The van der Waals surface area contributed by atoms with Crippen molar-refractivity contribution in [1.82, 2.24) is 4.98 Å². The second-order valence-electron chi connectivity index (χ2n) is 3.83. The van der Waals surface area contributed by atoms with Crippen LogP contribution >= 0.6 is 0 Å². The second kappa shape index (κ2) is 4.49. The third kappa shape index (κ3) is 2.25. The fourth-order valence-corrected chi connectivity index (χ4v) is 1.70. The Morgan fingerprint density at radius 3 is 2.82 bits per heavy atom. The van der Waals surface area contributed by atoms with Gasteiger partial charge in [0.1, 0.15) is 0 Å². The molecule has 0 fully saturated rings. The van der Waals surface area contributed by atoms with E-state index in [4.69, 9.17) is 0 Å². The zero-order valence-corrected chi connectivity index (χ0v) is 9.61. The van der Waals surface area contributed by atoms with Crippen LogP contribution in [0.2, 0.25) is 0 Å². The van der Waals surface area contributed by atoms with Gasteiger partial charge >= 0.3 is 5.97 Å². The van der Waals surface area contributed by atoms with Crippen LogP contribution in [0.25, 0.3) is 10.9 Å². The Morgan fingerprint density at radius 2 is 2.12 bits per heavy atom. The molecule has 1 unspecified atom stereocenters. The molecule has 0 aliphatic rings. The quantitative estimate of drug-likeness (QED) is 0.591. The topological polar surface area (TPSA) is 39.2 Å². The molecule has 0 aliphatic heterocycles. The number of halogens is 1. The van der Waals surface area contributed by atoms with E-state index in [2.05, 4.69) is 9.72 Å². The monoisotopic (exact) mass is 233 g/mol. The van der Waals surface area contributed by atoms with E-state index < -0.39 is 5.95 Å². The van der Waals surface area contributed by atoms with Gasteiger partial charge in [0.15, 0.2) is 0 Å². The third-order valence-electron chi connectivity index (χ3n) is 2.73. The number of methoxy groups -OCH3 is 1. The minimum absolute atomic E-state index is 0.292. The largest absolute Gasteiger partial charge is 0.469 e. The van der Waals surface area contributed by atoms with Crippen molar-refractivity contribution in [3.63, 3.8) is 0 Å². The van der Waals surface area contributed by atoms with Gasteiger partial charge in [-0.15, -0.1) is 0 Å². The van der Waals surface area contributed by atoms with Crippen LogP contribution < -0.4 is 0 Å². The predicted molar refractivity (Wildman–Crippen MR) is 62.1 cm³/mol. The first-order chi connectivity index (χ1) is 8.11. The summed E-state index contributed by atoms with van der Waals surface area (Å²) in [6.45, 7) is 1.77. The number of hydrogen-bond donors (Lipinski definition) is 0. The predicted octanol–water partition coefficient (Wildman–Crippen LogP) is 2.65. The number of pyridine rings is 1. The highest BCUT2D eigenvalue weighted by Gasteiger charge is 2.15. The van der Waals surface area contributed by atoms with Gasteiger partial charge in [0, 0.05) is 5.39 Å². The maximum Gasteiger partial charge on any atom is 0.312 e. The van der Waals surface area contributed by atoms with E-state index in [9.17, 15) is 9.18 Å². The molecule has 0 saturated heterocycles. The highest BCUT2D eigenvalue weighted by atomic mass is 19.1. The molecule has 4 heteroatoms. The molecule has 1 atom stereocenters. The summed E-state index contributed by atoms with van der Waals surface area (Å²) in [6, 6.07) is 8.23. The summed E-state index contributed by atoms with van der Waals surface area (Å²) in [7, 11) is 1.36. The summed E-state index contributed by atoms with van der Waals surface area (Å²) in [5.41, 5.74) is 1.41. The van der Waals surface area contributed by atoms with Crippen LogP contribution in [0, 0.1) is 5.95 Å². The first-order valence-corrected chi connectivity index (χ1v) is 5.26. The fourth-order valence-electron chi connectivity index (χ4n) is 1.70. The van der Waals surface area contributed by atoms with Crippen LogP contribution in [0.3, 0.4) is 0 Å². The molecular formula is C13H12FNO2. The van der Waals surface area contributed by atoms with Crippen molar-refractivity contribution in [3.05, 3.63) is 41.8 Å². The van der Waals surface area contributed by atoms with Gasteiger partial charge in [0.2, 0.25) is 5.95 Å². The summed E-state index contributed by atoms with van der Waals surface area (Å²) in [6.07, 6.45) is 0. The van der Waals surface area contributed by atoms with Crippen LogP contribution in [-0.2, 0) is 9.53 Å². The lowest BCUT2D eigenvalue weighted by Crippen LogP contribution is -2.10. The van der Waals surface area contributed by atoms with Crippen molar-refractivity contribution < 1.29 is 13.9 Å². The Labute approximate surface area is 98.2 Å². The van der Waals surface area contributed by atoms with Crippen molar-refractivity contribution >= 4 is 16.9 Å². The van der Waals surface area contributed by atoms with Crippen molar-refractivity contribution in [2.75, 3.05) is 7.11 Å². The standard InChI is InChI=1S/C13H12FNO2/c1-8(13(16)17-2)9-3-5-11-10(7-9)4-6-12(14)15-11/h3-8H,1-2H3. The van der Waals surface area contributed by atoms with Crippen LogP contribution in [0.1, 0.15) is 18.4 Å². The molecule has 0 amide bonds. The van der Waals surface area contributed by atoms with Gasteiger partial charge in [-0.2, -0.15) is 4.39 Å². The van der Waals surface area contributed by atoms with Crippen molar-refractivity contribution in [3.8, 4) is 0 Å². The lowest BCUT2D eigenvalue weighted by Gasteiger charge is -2.10. The van der Waals surface area contributed by atoms with Gasteiger partial charge in [-0.25, -0.2) is 4.98 Å². The molecule has 1 aromatic heterocycles. The van der Waals surface area contributed by atoms with E-state index in [1.54, 1.807) is 25.1 Å². The molecule has 0 spiro atoms. The normalized spacial score (nSPS) is 12.4. The maximum atomic E-state index is 12.9. The minimum Gasteiger partial charge on any atom is -0.469 e. The molecule has 1 heterocycles. The average molecular weight is 233 g/mol. The van der Waals surface area contributed by atoms with Gasteiger partial charge < -0.3 is 4.74 Å². The molecule has 0 aliphatic carbocycles. The molecule has 0 saturated carbocycles. The van der Waals surface area contributed by atoms with Crippen LogP contribution in [-0.4, -0.2) is 18.1 Å². The van der Waals surface area contributed by atoms with E-state index in [1.807, 2.05) is 6.07 Å². The number of carbonyl (C=O) groups is 1. The van der Waals surface area contributed by atoms with Crippen LogP contribution in [0.4, 0.5) is 4.39 Å². The minimum atomic E-state index is -0.508. The van der Waals surface area contributed by atoms with E-state index in [1.165, 1.54) is 13.2 Å². The third-order valence-corrected chi connectivity index (χ3v) is 2.73. The summed E-state index contributed by atoms with van der Waals surface area (Å²) in [5.74, 6) is -1.14. The van der Waals surface area contributed by atoms with Gasteiger partial charge in [0.25, 0.3) is 0 Å². The van der Waals surface area contributed by atoms with Crippen LogP contribution in [0.5, 0.6) is 0 Å². The second-order valence-corrected chi connectivity index (χ2v) is 3.83. The molecule has 2 rings (SSSR count). The number of rotatable bonds is 2. The molecule has 0 bridgehead atoms. The molecule has 1 aromatic carbocycles. The van der Waals surface area contributed by atoms with E-state index in [0.29, 0.717) is 5.52 Å². The number of benzene rings is 1. The Hall–Kier alpha value is -1.97. The smallest absolute Gasteiger partial charge is 0.312 e. The van der Waals surface area contributed by atoms with Gasteiger partial charge in [0.05, 0.1) is 18.5 Å². The Balaban J connectivity index is 2.44. The van der Waals surface area contributed by atoms with Crippen LogP contribution in [0.15, 0.2) is 30.3 Å². The highest BCUT2D eigenvalue weighted by molar-refractivity contribution is 5.83. The Morgan fingerprint density at radius 1 is 1.35 bits per heavy atom. The van der Waals surface area contributed by atoms with Crippen molar-refractivity contribution in [2.24, 2.45) is 0 Å². The van der Waals surface area contributed by atoms with E-state index >= 15 is 0 Å². The molecule has 3 nitrogen and oxygen atoms in total. The number of esters is 1. The van der Waals surface area contributed by atoms with Gasteiger partial charge in [-0.1, -0.05) is 6.07 Å². The van der Waals surface area contributed by atoms with Gasteiger partial charge in [-0.3, -0.25) is 4.79 Å². The number of hydrogen-bond acceptors (Lipinski definition) is 3. The number of fused-ring (bicyclic) bond motifs is 1. The molecule has 17 heavy (non-hydrogen) atoms. The fraction of sp³-hybridized carbons (Fsp3) is 0.231. The first kappa shape index (κ1) is 11.5. The average Bonchev–Trinajstić information content (AvgIpc) is 2.36. The molecule has 0 radical (unpaired) electrons. The first-order valence-electron chi connectivity index (χ1n) is 5.26. The zero-order chi connectivity index (χ0) is 12.4. The molecule has 0 N–H and O–H groups in total. The number of aromatic nitrogens is 1. The van der Waals surface area contributed by atoms with Crippen molar-refractivity contribution in [1.29, 1.82) is 0 Å². The Bertz CT molecular complexity index is 568. The lowest BCUT2D eigenvalue weighted by atomic mass is 9.99. The molecule has 2 aromatic rings. The maximum absolute atomic E-state index is 12.9.